The average Bonchev–Trinajstić information content (AvgIpc) is 2.78. The van der Waals surface area contributed by atoms with Gasteiger partial charge in [-0.25, -0.2) is 0 Å². The van der Waals surface area contributed by atoms with Crippen molar-refractivity contribution < 1.29 is 0 Å². The van der Waals surface area contributed by atoms with Gasteiger partial charge in [-0.05, 0) is 48.3 Å². The van der Waals surface area contributed by atoms with Gasteiger partial charge in [0.1, 0.15) is 0 Å². The Bertz CT molecular complexity index is 190. The molecule has 0 heteroatoms. The highest BCUT2D eigenvalue weighted by atomic mass is 14.8. The minimum atomic E-state index is 0.909. The summed E-state index contributed by atoms with van der Waals surface area (Å²) in [6, 6.07) is 0. The molecule has 3 aliphatic rings. The van der Waals surface area contributed by atoms with Crippen molar-refractivity contribution in [3.05, 3.63) is 0 Å². The summed E-state index contributed by atoms with van der Waals surface area (Å²) in [5.41, 5.74) is 1.85. The van der Waals surface area contributed by atoms with E-state index in [2.05, 4.69) is 13.8 Å². The van der Waals surface area contributed by atoms with Gasteiger partial charge in [0, 0.05) is 0 Å². The lowest BCUT2D eigenvalue weighted by molar-refractivity contribution is 0.0576. The fourth-order valence-electron chi connectivity index (χ4n) is 3.64. The van der Waals surface area contributed by atoms with E-state index in [1.54, 1.807) is 25.7 Å². The maximum atomic E-state index is 2.47. The van der Waals surface area contributed by atoms with E-state index in [1.807, 2.05) is 0 Å². The van der Waals surface area contributed by atoms with Crippen LogP contribution in [0.3, 0.4) is 0 Å². The topological polar surface area (TPSA) is 0 Å². The first-order chi connectivity index (χ1) is 4.70. The fourth-order valence-corrected chi connectivity index (χ4v) is 3.64. The number of hydrogen-bond donors (Lipinski definition) is 0. The third kappa shape index (κ3) is 0.360. The Morgan fingerprint density at radius 3 is 2.20 bits per heavy atom. The van der Waals surface area contributed by atoms with Crippen molar-refractivity contribution in [2.45, 2.75) is 39.5 Å². The second kappa shape index (κ2) is 1.19. The maximum absolute atomic E-state index is 2.47. The Balaban J connectivity index is 1.86. The SMILES string of the molecule is CC1CC2(CC23CC3)C1C. The van der Waals surface area contributed by atoms with Crippen LogP contribution in [0.4, 0.5) is 0 Å². The van der Waals surface area contributed by atoms with E-state index < -0.39 is 0 Å². The molecule has 0 aliphatic heterocycles. The fraction of sp³-hybridized carbons (Fsp3) is 1.00. The second-order valence-corrected chi connectivity index (χ2v) is 5.08. The van der Waals surface area contributed by atoms with Crippen molar-refractivity contribution in [3.8, 4) is 0 Å². The van der Waals surface area contributed by atoms with Crippen LogP contribution in [-0.4, -0.2) is 0 Å². The smallest absolute Gasteiger partial charge is 0.0204 e. The number of hydrogen-bond acceptors (Lipinski definition) is 0. The van der Waals surface area contributed by atoms with Gasteiger partial charge in [0.05, 0.1) is 0 Å². The van der Waals surface area contributed by atoms with E-state index in [-0.39, 0.29) is 0 Å². The summed E-state index contributed by atoms with van der Waals surface area (Å²) in [6.07, 6.45) is 6.31. The monoisotopic (exact) mass is 136 g/mol. The van der Waals surface area contributed by atoms with E-state index in [1.165, 1.54) is 0 Å². The zero-order valence-electron chi connectivity index (χ0n) is 6.98. The molecule has 0 nitrogen and oxygen atoms in total. The third-order valence-electron chi connectivity index (χ3n) is 4.85. The molecule has 0 bridgehead atoms. The van der Waals surface area contributed by atoms with Gasteiger partial charge in [0.2, 0.25) is 0 Å². The predicted octanol–water partition coefficient (Wildman–Crippen LogP) is 2.83. The second-order valence-electron chi connectivity index (χ2n) is 5.08. The molecule has 0 aromatic heterocycles. The van der Waals surface area contributed by atoms with Crippen LogP contribution in [-0.2, 0) is 0 Å². The van der Waals surface area contributed by atoms with Crippen LogP contribution in [0.25, 0.3) is 0 Å². The highest BCUT2D eigenvalue weighted by Crippen LogP contribution is 2.87. The van der Waals surface area contributed by atoms with Crippen molar-refractivity contribution in [2.24, 2.45) is 22.7 Å². The van der Waals surface area contributed by atoms with Crippen LogP contribution in [0.15, 0.2) is 0 Å². The first-order valence-electron chi connectivity index (χ1n) is 4.70. The zero-order valence-corrected chi connectivity index (χ0v) is 6.98. The highest BCUT2D eigenvalue weighted by Gasteiger charge is 2.79. The summed E-state index contributed by atoms with van der Waals surface area (Å²) in [5.74, 6) is 2.11. The summed E-state index contributed by atoms with van der Waals surface area (Å²) >= 11 is 0. The Hall–Kier alpha value is 0. The van der Waals surface area contributed by atoms with Crippen molar-refractivity contribution >= 4 is 0 Å². The lowest BCUT2D eigenvalue weighted by atomic mass is 9.62. The van der Waals surface area contributed by atoms with Crippen LogP contribution >= 0.6 is 0 Å². The Morgan fingerprint density at radius 2 is 1.90 bits per heavy atom. The van der Waals surface area contributed by atoms with Crippen molar-refractivity contribution in [2.75, 3.05) is 0 Å². The molecule has 3 unspecified atom stereocenters. The average molecular weight is 136 g/mol. The van der Waals surface area contributed by atoms with E-state index in [0.29, 0.717) is 0 Å². The van der Waals surface area contributed by atoms with E-state index in [4.69, 9.17) is 0 Å². The van der Waals surface area contributed by atoms with Crippen LogP contribution in [0.1, 0.15) is 39.5 Å². The lowest BCUT2D eigenvalue weighted by Crippen LogP contribution is -2.36. The van der Waals surface area contributed by atoms with Crippen molar-refractivity contribution in [3.63, 3.8) is 0 Å². The molecule has 3 aliphatic carbocycles. The normalized spacial score (nSPS) is 60.6. The lowest BCUT2D eigenvalue weighted by Gasteiger charge is -2.43. The third-order valence-corrected chi connectivity index (χ3v) is 4.85. The first kappa shape index (κ1) is 5.62. The standard InChI is InChI=1S/C10H16/c1-7-5-10(8(7)2)6-9(10)3-4-9/h7-8H,3-6H2,1-2H3. The highest BCUT2D eigenvalue weighted by molar-refractivity contribution is 5.28. The molecule has 10 heavy (non-hydrogen) atoms. The molecule has 0 aromatic rings. The number of fused-ring (bicyclic) bond motifs is 1. The van der Waals surface area contributed by atoms with Crippen molar-refractivity contribution in [1.29, 1.82) is 0 Å². The molecule has 56 valence electrons. The number of rotatable bonds is 0. The summed E-state index contributed by atoms with van der Waals surface area (Å²) in [4.78, 5) is 0. The van der Waals surface area contributed by atoms with Gasteiger partial charge >= 0.3 is 0 Å². The molecule has 0 amide bonds. The van der Waals surface area contributed by atoms with Gasteiger partial charge in [0.25, 0.3) is 0 Å². The van der Waals surface area contributed by atoms with Gasteiger partial charge in [-0.2, -0.15) is 0 Å². The molecule has 0 aromatic carbocycles. The summed E-state index contributed by atoms with van der Waals surface area (Å²) in [6.45, 7) is 4.89. The minimum absolute atomic E-state index is 0.909. The van der Waals surface area contributed by atoms with Crippen molar-refractivity contribution in [1.82, 2.24) is 0 Å². The molecule has 0 radical (unpaired) electrons. The summed E-state index contributed by atoms with van der Waals surface area (Å²) < 4.78 is 0. The molecular formula is C10H16. The molecule has 0 heterocycles. The minimum Gasteiger partial charge on any atom is -0.0622 e. The van der Waals surface area contributed by atoms with E-state index >= 15 is 0 Å². The molecule has 0 saturated heterocycles. The summed E-state index contributed by atoms with van der Waals surface area (Å²) in [5, 5.41) is 0. The predicted molar refractivity (Wildman–Crippen MR) is 41.7 cm³/mol. The van der Waals surface area contributed by atoms with Gasteiger partial charge in [-0.3, -0.25) is 0 Å². The van der Waals surface area contributed by atoms with E-state index in [0.717, 1.165) is 22.7 Å². The molecule has 3 atom stereocenters. The maximum Gasteiger partial charge on any atom is -0.0204 e. The first-order valence-corrected chi connectivity index (χ1v) is 4.70. The van der Waals surface area contributed by atoms with Gasteiger partial charge in [-0.15, -0.1) is 0 Å². The van der Waals surface area contributed by atoms with Crippen LogP contribution < -0.4 is 0 Å². The Morgan fingerprint density at radius 1 is 1.20 bits per heavy atom. The van der Waals surface area contributed by atoms with Crippen LogP contribution in [0, 0.1) is 22.7 Å². The molecular weight excluding hydrogens is 120 g/mol. The molecule has 3 fully saturated rings. The van der Waals surface area contributed by atoms with Gasteiger partial charge in [0.15, 0.2) is 0 Å². The van der Waals surface area contributed by atoms with Crippen LogP contribution in [0.2, 0.25) is 0 Å². The molecule has 3 rings (SSSR count). The largest absolute Gasteiger partial charge is 0.0622 e. The van der Waals surface area contributed by atoms with Gasteiger partial charge < -0.3 is 0 Å². The quantitative estimate of drug-likeness (QED) is 0.480. The zero-order chi connectivity index (χ0) is 6.98. The Labute approximate surface area is 63.0 Å². The van der Waals surface area contributed by atoms with Gasteiger partial charge in [-0.1, -0.05) is 13.8 Å². The molecule has 2 spiro atoms. The van der Waals surface area contributed by atoms with E-state index in [9.17, 15) is 0 Å². The summed E-state index contributed by atoms with van der Waals surface area (Å²) in [7, 11) is 0. The Kier molecular flexibility index (Phi) is 0.669. The molecule has 3 saturated carbocycles. The van der Waals surface area contributed by atoms with Crippen LogP contribution in [0.5, 0.6) is 0 Å². The molecule has 0 N–H and O–H groups in total.